The highest BCUT2D eigenvalue weighted by atomic mass is 16.5. The molecule has 0 spiro atoms. The van der Waals surface area contributed by atoms with E-state index in [1.54, 1.807) is 24.3 Å². The van der Waals surface area contributed by atoms with Gasteiger partial charge in [-0.15, -0.1) is 0 Å². The van der Waals surface area contributed by atoms with Crippen LogP contribution in [0.5, 0.6) is 0 Å². The Morgan fingerprint density at radius 2 is 1.64 bits per heavy atom. The smallest absolute Gasteiger partial charge is 0.267 e. The number of benzene rings is 2. The van der Waals surface area contributed by atoms with Crippen LogP contribution in [-0.2, 0) is 9.59 Å². The number of anilines is 1. The van der Waals surface area contributed by atoms with E-state index in [4.69, 9.17) is 10.9 Å². The fourth-order valence-corrected chi connectivity index (χ4v) is 5.97. The van der Waals surface area contributed by atoms with Crippen LogP contribution in [0, 0.1) is 23.2 Å². The van der Waals surface area contributed by atoms with Gasteiger partial charge >= 0.3 is 0 Å². The lowest BCUT2D eigenvalue weighted by molar-refractivity contribution is -0.130. The average molecular weight is 494 g/mol. The lowest BCUT2D eigenvalue weighted by Crippen LogP contribution is -2.50. The summed E-state index contributed by atoms with van der Waals surface area (Å²) in [5, 5.41) is 17.6. The molecule has 2 aromatic rings. The van der Waals surface area contributed by atoms with E-state index in [1.165, 1.54) is 11.9 Å². The van der Waals surface area contributed by atoms with Gasteiger partial charge in [0.15, 0.2) is 0 Å². The Morgan fingerprint density at radius 3 is 2.14 bits per heavy atom. The van der Waals surface area contributed by atoms with Crippen molar-refractivity contribution in [2.45, 2.75) is 39.3 Å². The van der Waals surface area contributed by atoms with Crippen LogP contribution in [0.3, 0.4) is 0 Å². The zero-order valence-corrected chi connectivity index (χ0v) is 20.9. The first-order valence-corrected chi connectivity index (χ1v) is 12.3. The van der Waals surface area contributed by atoms with Gasteiger partial charge in [-0.3, -0.25) is 19.6 Å². The molecule has 0 heterocycles. The highest BCUT2D eigenvalue weighted by Gasteiger charge is 2.61. The van der Waals surface area contributed by atoms with E-state index >= 15 is 0 Å². The molecule has 5 atom stereocenters. The molecule has 3 aliphatic rings. The Labute approximate surface area is 211 Å². The minimum absolute atomic E-state index is 0.0575. The zero-order valence-electron chi connectivity index (χ0n) is 20.9. The molecule has 0 aliphatic heterocycles. The summed E-state index contributed by atoms with van der Waals surface area (Å²) in [5.41, 5.74) is 10.2. The van der Waals surface area contributed by atoms with Crippen molar-refractivity contribution in [3.8, 4) is 11.1 Å². The van der Waals surface area contributed by atoms with Crippen LogP contribution in [-0.4, -0.2) is 48.1 Å². The molecule has 9 heteroatoms. The van der Waals surface area contributed by atoms with Gasteiger partial charge in [-0.25, -0.2) is 5.48 Å². The van der Waals surface area contributed by atoms with Crippen molar-refractivity contribution in [1.29, 1.82) is 0 Å². The molecular formula is C27H35N5O4. The number of amides is 3. The molecule has 0 saturated heterocycles. The number of carbonyl (C=O) groups excluding carboxylic acids is 3. The van der Waals surface area contributed by atoms with Crippen LogP contribution in [0.2, 0.25) is 0 Å². The van der Waals surface area contributed by atoms with Gasteiger partial charge in [0.05, 0.1) is 6.54 Å². The number of hydrogen-bond acceptors (Lipinski definition) is 6. The maximum absolute atomic E-state index is 12.5. The molecule has 3 saturated carbocycles. The van der Waals surface area contributed by atoms with Crippen molar-refractivity contribution in [1.82, 2.24) is 16.1 Å². The Bertz CT molecular complexity index is 1120. The van der Waals surface area contributed by atoms with E-state index in [2.05, 4.69) is 36.7 Å². The molecule has 36 heavy (non-hydrogen) atoms. The molecule has 2 unspecified atom stereocenters. The summed E-state index contributed by atoms with van der Waals surface area (Å²) in [6, 6.07) is 13.8. The quantitative estimate of drug-likeness (QED) is 0.233. The number of hydrogen-bond donors (Lipinski definition) is 6. The number of nitrogens with two attached hydrogens (primary N) is 1. The minimum Gasteiger partial charge on any atom is -0.339 e. The van der Waals surface area contributed by atoms with Gasteiger partial charge in [0.1, 0.15) is 6.04 Å². The van der Waals surface area contributed by atoms with Crippen LogP contribution in [0.25, 0.3) is 11.1 Å². The number of rotatable bonds is 9. The molecule has 9 nitrogen and oxygen atoms in total. The SMILES string of the molecule is C[C@@H]1C(NCC(=O)Nc2ccc(-c3ccc(C(=O)N[C@@H](CN)C(=O)NO)cc3)cc2)C2C[C@@H]1C2(C)C. The molecule has 2 bridgehead atoms. The number of nitrogens with one attached hydrogen (secondary N) is 4. The Morgan fingerprint density at radius 1 is 1.03 bits per heavy atom. The van der Waals surface area contributed by atoms with Gasteiger partial charge in [-0.1, -0.05) is 45.0 Å². The highest BCUT2D eigenvalue weighted by molar-refractivity contribution is 5.98. The summed E-state index contributed by atoms with van der Waals surface area (Å²) >= 11 is 0. The molecule has 3 amide bonds. The van der Waals surface area contributed by atoms with Crippen LogP contribution in [0.15, 0.2) is 48.5 Å². The standard InChI is InChI=1S/C27H35N5O4/c1-15-20-12-21(27(20,2)3)24(15)29-14-23(33)30-19-10-8-17(9-11-19)16-4-6-18(7-5-16)25(34)31-22(13-28)26(35)32-36/h4-11,15,20-22,24,29,36H,12-14,28H2,1-3H3,(H,30,33)(H,31,34)(H,32,35)/t15-,20-,21?,22-,24?/m0/s1. The Kier molecular flexibility index (Phi) is 7.44. The van der Waals surface area contributed by atoms with Gasteiger partial charge < -0.3 is 21.7 Å². The third-order valence-corrected chi connectivity index (χ3v) is 8.17. The average Bonchev–Trinajstić information content (AvgIpc) is 3.33. The second-order valence-corrected chi connectivity index (χ2v) is 10.5. The van der Waals surface area contributed by atoms with Gasteiger partial charge in [0.25, 0.3) is 11.8 Å². The summed E-state index contributed by atoms with van der Waals surface area (Å²) in [5.74, 6) is 0.674. The molecule has 2 aromatic carbocycles. The van der Waals surface area contributed by atoms with Crippen molar-refractivity contribution in [3.63, 3.8) is 0 Å². The largest absolute Gasteiger partial charge is 0.339 e. The van der Waals surface area contributed by atoms with Crippen LogP contribution in [0.1, 0.15) is 37.6 Å². The second kappa shape index (κ2) is 10.4. The highest BCUT2D eigenvalue weighted by Crippen LogP contribution is 2.64. The van der Waals surface area contributed by atoms with Gasteiger partial charge in [0.2, 0.25) is 5.91 Å². The third kappa shape index (κ3) is 5.00. The zero-order chi connectivity index (χ0) is 26.0. The first-order valence-electron chi connectivity index (χ1n) is 12.3. The minimum atomic E-state index is -1.03. The van der Waals surface area contributed by atoms with E-state index in [9.17, 15) is 14.4 Å². The van der Waals surface area contributed by atoms with Gasteiger partial charge in [0, 0.05) is 23.8 Å². The van der Waals surface area contributed by atoms with Crippen molar-refractivity contribution >= 4 is 23.4 Å². The normalized spacial score (nSPS) is 24.4. The maximum Gasteiger partial charge on any atom is 0.267 e. The van der Waals surface area contributed by atoms with Crippen molar-refractivity contribution in [3.05, 3.63) is 54.1 Å². The topological polar surface area (TPSA) is 146 Å². The summed E-state index contributed by atoms with van der Waals surface area (Å²) in [6.45, 7) is 7.12. The molecule has 0 aromatic heterocycles. The molecular weight excluding hydrogens is 458 g/mol. The summed E-state index contributed by atoms with van der Waals surface area (Å²) in [4.78, 5) is 36.4. The first-order chi connectivity index (χ1) is 17.1. The third-order valence-electron chi connectivity index (χ3n) is 8.17. The molecule has 3 fully saturated rings. The summed E-state index contributed by atoms with van der Waals surface area (Å²) in [7, 11) is 0. The van der Waals surface area contributed by atoms with Crippen molar-refractivity contribution in [2.24, 2.45) is 28.9 Å². The second-order valence-electron chi connectivity index (χ2n) is 10.5. The van der Waals surface area contributed by atoms with E-state index in [-0.39, 0.29) is 12.5 Å². The fourth-order valence-electron chi connectivity index (χ4n) is 5.97. The predicted molar refractivity (Wildman–Crippen MR) is 137 cm³/mol. The molecule has 192 valence electrons. The number of fused-ring (bicyclic) bond motifs is 1. The number of carbonyl (C=O) groups is 3. The Hall–Kier alpha value is -3.27. The van der Waals surface area contributed by atoms with Gasteiger partial charge in [-0.2, -0.15) is 0 Å². The maximum atomic E-state index is 12.5. The van der Waals surface area contributed by atoms with E-state index in [0.717, 1.165) is 22.7 Å². The van der Waals surface area contributed by atoms with Crippen LogP contribution < -0.4 is 27.2 Å². The molecule has 5 rings (SSSR count). The Balaban J connectivity index is 1.29. The monoisotopic (exact) mass is 493 g/mol. The van der Waals surface area contributed by atoms with E-state index in [1.807, 2.05) is 24.3 Å². The molecule has 0 radical (unpaired) electrons. The molecule has 3 aliphatic carbocycles. The summed E-state index contributed by atoms with van der Waals surface area (Å²) < 4.78 is 0. The fraction of sp³-hybridized carbons (Fsp3) is 0.444. The first kappa shape index (κ1) is 25.8. The van der Waals surface area contributed by atoms with Crippen LogP contribution >= 0.6 is 0 Å². The lowest BCUT2D eigenvalue weighted by atomic mass is 9.60. The predicted octanol–water partition coefficient (Wildman–Crippen LogP) is 2.12. The number of hydroxylamine groups is 1. The van der Waals surface area contributed by atoms with Crippen molar-refractivity contribution < 1.29 is 19.6 Å². The van der Waals surface area contributed by atoms with E-state index in [0.29, 0.717) is 35.4 Å². The summed E-state index contributed by atoms with van der Waals surface area (Å²) in [6.07, 6.45) is 1.26. The van der Waals surface area contributed by atoms with Gasteiger partial charge in [-0.05, 0) is 65.0 Å². The van der Waals surface area contributed by atoms with E-state index < -0.39 is 17.9 Å². The molecule has 7 N–H and O–H groups in total. The van der Waals surface area contributed by atoms with Crippen molar-refractivity contribution in [2.75, 3.05) is 18.4 Å². The van der Waals surface area contributed by atoms with Crippen LogP contribution in [0.4, 0.5) is 5.69 Å². The lowest BCUT2D eigenvalue weighted by Gasteiger charge is -2.45.